The van der Waals surface area contributed by atoms with E-state index in [0.29, 0.717) is 11.2 Å². The molecule has 1 aromatic heterocycles. The molecule has 3 nitrogen and oxygen atoms in total. The average molecular weight is 388 g/mol. The van der Waals surface area contributed by atoms with Crippen LogP contribution in [0.3, 0.4) is 0 Å². The minimum absolute atomic E-state index is 0.0231. The third-order valence-electron chi connectivity index (χ3n) is 3.02. The largest absolute Gasteiger partial charge is 0.451 e. The van der Waals surface area contributed by atoms with Crippen LogP contribution >= 0.6 is 31.9 Å². The summed E-state index contributed by atoms with van der Waals surface area (Å²) >= 11 is 6.81. The van der Waals surface area contributed by atoms with Crippen LogP contribution in [0.1, 0.15) is 18.7 Å². The van der Waals surface area contributed by atoms with Crippen LogP contribution in [0.5, 0.6) is 0 Å². The Labute approximate surface area is 130 Å². The summed E-state index contributed by atoms with van der Waals surface area (Å²) in [5.74, 6) is 0.854. The number of furan rings is 1. The van der Waals surface area contributed by atoms with Crippen molar-refractivity contribution in [1.82, 2.24) is 0 Å². The molecule has 0 aliphatic carbocycles. The molecule has 0 aliphatic heterocycles. The number of halogens is 2. The number of likely N-dealkylation sites (N-methyl/N-ethyl adjacent to an activating group) is 1. The number of hydrogen-bond donors (Lipinski definition) is 1. The Hall–Kier alpha value is -0.780. The average Bonchev–Trinajstić information content (AvgIpc) is 2.76. The van der Waals surface area contributed by atoms with Gasteiger partial charge in [-0.1, -0.05) is 18.2 Å². The van der Waals surface area contributed by atoms with Gasteiger partial charge in [-0.25, -0.2) is 0 Å². The molecule has 1 heterocycles. The van der Waals surface area contributed by atoms with Crippen molar-refractivity contribution in [2.24, 2.45) is 5.73 Å². The van der Waals surface area contributed by atoms with E-state index in [1.54, 1.807) is 0 Å². The van der Waals surface area contributed by atoms with Gasteiger partial charge in [-0.3, -0.25) is 0 Å². The Balaban J connectivity index is 2.34. The quantitative estimate of drug-likeness (QED) is 0.830. The summed E-state index contributed by atoms with van der Waals surface area (Å²) in [6, 6.07) is 12.2. The van der Waals surface area contributed by atoms with Crippen molar-refractivity contribution in [3.8, 4) is 0 Å². The Morgan fingerprint density at radius 2 is 1.95 bits per heavy atom. The lowest BCUT2D eigenvalue weighted by molar-refractivity contribution is 0.437. The number of anilines is 1. The highest BCUT2D eigenvalue weighted by atomic mass is 79.9. The second-order valence-corrected chi connectivity index (χ2v) is 5.72. The van der Waals surface area contributed by atoms with Gasteiger partial charge < -0.3 is 15.1 Å². The van der Waals surface area contributed by atoms with E-state index in [2.05, 4.69) is 55.8 Å². The molecule has 2 rings (SSSR count). The van der Waals surface area contributed by atoms with Crippen molar-refractivity contribution in [2.45, 2.75) is 13.0 Å². The van der Waals surface area contributed by atoms with Gasteiger partial charge in [-0.05, 0) is 57.0 Å². The maximum Gasteiger partial charge on any atom is 0.183 e. The van der Waals surface area contributed by atoms with E-state index in [4.69, 9.17) is 10.2 Å². The highest BCUT2D eigenvalue weighted by Crippen LogP contribution is 2.33. The first-order valence-corrected chi connectivity index (χ1v) is 7.72. The Morgan fingerprint density at radius 1 is 1.26 bits per heavy atom. The normalized spacial score (nSPS) is 12.4. The molecule has 0 radical (unpaired) electrons. The number of para-hydroxylation sites is 1. The van der Waals surface area contributed by atoms with Crippen LogP contribution in [0, 0.1) is 0 Å². The lowest BCUT2D eigenvalue weighted by Crippen LogP contribution is -2.33. The smallest absolute Gasteiger partial charge is 0.183 e. The molecule has 0 amide bonds. The summed E-state index contributed by atoms with van der Waals surface area (Å²) in [5.41, 5.74) is 7.09. The first-order chi connectivity index (χ1) is 9.17. The Kier molecular flexibility index (Phi) is 5.07. The molecule has 102 valence electrons. The summed E-state index contributed by atoms with van der Waals surface area (Å²) in [5, 5.41) is 0. The predicted octanol–water partition coefficient (Wildman–Crippen LogP) is 4.33. The molecule has 1 aromatic carbocycles. The van der Waals surface area contributed by atoms with Crippen LogP contribution in [-0.4, -0.2) is 13.1 Å². The second kappa shape index (κ2) is 6.59. The summed E-state index contributed by atoms with van der Waals surface area (Å²) in [4.78, 5) is 2.23. The number of benzene rings is 1. The van der Waals surface area contributed by atoms with Gasteiger partial charge in [0.1, 0.15) is 5.76 Å². The molecule has 5 heteroatoms. The van der Waals surface area contributed by atoms with Crippen LogP contribution in [0.25, 0.3) is 0 Å². The minimum atomic E-state index is 0.0231. The summed E-state index contributed by atoms with van der Waals surface area (Å²) in [6.07, 6.45) is 0. The number of rotatable bonds is 5. The van der Waals surface area contributed by atoms with Crippen LogP contribution < -0.4 is 10.6 Å². The Morgan fingerprint density at radius 3 is 2.42 bits per heavy atom. The fourth-order valence-corrected chi connectivity index (χ4v) is 2.73. The number of hydrogen-bond acceptors (Lipinski definition) is 3. The van der Waals surface area contributed by atoms with Gasteiger partial charge in [0.25, 0.3) is 0 Å². The number of nitrogens with zero attached hydrogens (tertiary/aromatic N) is 1. The van der Waals surface area contributed by atoms with Crippen LogP contribution in [0.15, 0.2) is 50.0 Å². The van der Waals surface area contributed by atoms with Crippen molar-refractivity contribution in [2.75, 3.05) is 18.0 Å². The van der Waals surface area contributed by atoms with Crippen molar-refractivity contribution < 1.29 is 4.42 Å². The highest BCUT2D eigenvalue weighted by molar-refractivity contribution is 9.13. The van der Waals surface area contributed by atoms with Gasteiger partial charge in [-0.15, -0.1) is 0 Å². The topological polar surface area (TPSA) is 42.4 Å². The van der Waals surface area contributed by atoms with E-state index in [-0.39, 0.29) is 6.04 Å². The van der Waals surface area contributed by atoms with E-state index in [1.165, 1.54) is 0 Å². The molecule has 1 unspecified atom stereocenters. The van der Waals surface area contributed by atoms with Crippen molar-refractivity contribution in [1.29, 1.82) is 0 Å². The van der Waals surface area contributed by atoms with Gasteiger partial charge in [0.05, 0.1) is 10.5 Å². The predicted molar refractivity (Wildman–Crippen MR) is 85.4 cm³/mol. The monoisotopic (exact) mass is 386 g/mol. The lowest BCUT2D eigenvalue weighted by Gasteiger charge is -2.30. The van der Waals surface area contributed by atoms with Crippen LogP contribution in [0.4, 0.5) is 5.69 Å². The lowest BCUT2D eigenvalue weighted by atomic mass is 10.1. The maximum atomic E-state index is 5.95. The van der Waals surface area contributed by atoms with E-state index in [9.17, 15) is 0 Å². The third kappa shape index (κ3) is 3.22. The minimum Gasteiger partial charge on any atom is -0.451 e. The first kappa shape index (κ1) is 14.6. The van der Waals surface area contributed by atoms with E-state index >= 15 is 0 Å². The fourth-order valence-electron chi connectivity index (χ4n) is 2.13. The van der Waals surface area contributed by atoms with Crippen molar-refractivity contribution in [3.63, 3.8) is 0 Å². The van der Waals surface area contributed by atoms with E-state index < -0.39 is 0 Å². The molecule has 1 atom stereocenters. The van der Waals surface area contributed by atoms with Gasteiger partial charge in [-0.2, -0.15) is 0 Å². The first-order valence-electron chi connectivity index (χ1n) is 6.13. The zero-order valence-electron chi connectivity index (χ0n) is 10.6. The van der Waals surface area contributed by atoms with Crippen LogP contribution in [0.2, 0.25) is 0 Å². The molecule has 2 N–H and O–H groups in total. The molecule has 0 saturated carbocycles. The van der Waals surface area contributed by atoms with Crippen molar-refractivity contribution in [3.05, 3.63) is 51.3 Å². The molecular formula is C14H16Br2N2O. The SMILES string of the molecule is CCN(c1ccccc1)C(CN)c1cc(Br)c(Br)o1. The standard InChI is InChI=1S/C14H16Br2N2O/c1-2-18(10-6-4-3-5-7-10)12(9-17)13-8-11(15)14(16)19-13/h3-8,12H,2,9,17H2,1H3. The maximum absolute atomic E-state index is 5.95. The fraction of sp³-hybridized carbons (Fsp3) is 0.286. The molecule has 2 aromatic rings. The van der Waals surface area contributed by atoms with Gasteiger partial charge in [0.2, 0.25) is 0 Å². The van der Waals surface area contributed by atoms with Gasteiger partial charge >= 0.3 is 0 Å². The second-order valence-electron chi connectivity index (χ2n) is 4.14. The molecule has 0 bridgehead atoms. The molecule has 0 fully saturated rings. The highest BCUT2D eigenvalue weighted by Gasteiger charge is 2.22. The third-order valence-corrected chi connectivity index (χ3v) is 4.73. The summed E-state index contributed by atoms with van der Waals surface area (Å²) in [7, 11) is 0. The molecule has 0 spiro atoms. The summed E-state index contributed by atoms with van der Waals surface area (Å²) in [6.45, 7) is 3.47. The molecule has 0 aliphatic rings. The molecule has 19 heavy (non-hydrogen) atoms. The van der Waals surface area contributed by atoms with E-state index in [1.807, 2.05) is 24.3 Å². The van der Waals surface area contributed by atoms with Gasteiger partial charge in [0.15, 0.2) is 4.67 Å². The van der Waals surface area contributed by atoms with Crippen LogP contribution in [-0.2, 0) is 0 Å². The van der Waals surface area contributed by atoms with E-state index in [0.717, 1.165) is 22.5 Å². The number of nitrogens with two attached hydrogens (primary N) is 1. The summed E-state index contributed by atoms with van der Waals surface area (Å²) < 4.78 is 7.33. The van der Waals surface area contributed by atoms with Gasteiger partial charge in [0, 0.05) is 18.8 Å². The zero-order valence-corrected chi connectivity index (χ0v) is 13.8. The molecular weight excluding hydrogens is 372 g/mol. The zero-order chi connectivity index (χ0) is 13.8. The van der Waals surface area contributed by atoms with Crippen molar-refractivity contribution >= 4 is 37.5 Å². The molecule has 0 saturated heterocycles. The Bertz CT molecular complexity index is 508.